The van der Waals surface area contributed by atoms with Gasteiger partial charge >= 0.3 is 0 Å². The van der Waals surface area contributed by atoms with E-state index in [1.54, 1.807) is 19.2 Å². The molecule has 0 aliphatic carbocycles. The Kier molecular flexibility index (Phi) is 3.36. The van der Waals surface area contributed by atoms with Crippen molar-refractivity contribution in [2.75, 3.05) is 5.73 Å². The Hall–Kier alpha value is -1.52. The first-order valence-corrected chi connectivity index (χ1v) is 5.53. The maximum absolute atomic E-state index is 5.89. The molecule has 0 radical (unpaired) electrons. The summed E-state index contributed by atoms with van der Waals surface area (Å²) in [6.07, 6.45) is 3.12. The van der Waals surface area contributed by atoms with Gasteiger partial charge in [0.25, 0.3) is 0 Å². The summed E-state index contributed by atoms with van der Waals surface area (Å²) in [4.78, 5) is 8.11. The van der Waals surface area contributed by atoms with Crippen molar-refractivity contribution in [2.45, 2.75) is 6.92 Å². The zero-order valence-corrected chi connectivity index (χ0v) is 10.5. The van der Waals surface area contributed by atoms with Crippen LogP contribution in [0, 0.1) is 6.92 Å². The zero-order chi connectivity index (χ0) is 12.4. The number of aryl methyl sites for hydroxylation is 1. The fourth-order valence-electron chi connectivity index (χ4n) is 1.23. The molecule has 0 atom stereocenters. The minimum absolute atomic E-state index is 0.373. The number of aromatic nitrogens is 2. The maximum atomic E-state index is 5.89. The first kappa shape index (κ1) is 12.0. The van der Waals surface area contributed by atoms with Gasteiger partial charge in [-0.05, 0) is 13.0 Å². The van der Waals surface area contributed by atoms with E-state index in [4.69, 9.17) is 33.7 Å². The normalized spacial score (nSPS) is 10.3. The summed E-state index contributed by atoms with van der Waals surface area (Å²) in [6.45, 7) is 1.79. The third-order valence-electron chi connectivity index (χ3n) is 2.10. The Labute approximate surface area is 108 Å². The molecule has 17 heavy (non-hydrogen) atoms. The Morgan fingerprint density at radius 2 is 1.76 bits per heavy atom. The highest BCUT2D eigenvalue weighted by molar-refractivity contribution is 6.42. The van der Waals surface area contributed by atoms with E-state index in [0.29, 0.717) is 33.1 Å². The van der Waals surface area contributed by atoms with Crippen LogP contribution in [-0.2, 0) is 0 Å². The van der Waals surface area contributed by atoms with E-state index in [1.807, 2.05) is 0 Å². The molecule has 6 heteroatoms. The molecule has 0 unspecified atom stereocenters. The van der Waals surface area contributed by atoms with Crippen molar-refractivity contribution in [3.8, 4) is 11.6 Å². The number of anilines is 1. The number of hydrogen-bond acceptors (Lipinski definition) is 4. The molecule has 0 saturated carbocycles. The van der Waals surface area contributed by atoms with Gasteiger partial charge in [-0.25, -0.2) is 4.98 Å². The number of hydrogen-bond donors (Lipinski definition) is 1. The van der Waals surface area contributed by atoms with E-state index in [2.05, 4.69) is 9.97 Å². The van der Waals surface area contributed by atoms with Gasteiger partial charge in [0.1, 0.15) is 0 Å². The summed E-state index contributed by atoms with van der Waals surface area (Å²) in [5.41, 5.74) is 6.83. The summed E-state index contributed by atoms with van der Waals surface area (Å²) < 4.78 is 5.53. The fraction of sp³-hybridized carbons (Fsp3) is 0.0909. The minimum atomic E-state index is 0.373. The van der Waals surface area contributed by atoms with Crippen LogP contribution in [0.4, 0.5) is 5.69 Å². The lowest BCUT2D eigenvalue weighted by atomic mass is 10.3. The van der Waals surface area contributed by atoms with Crippen LogP contribution in [0.2, 0.25) is 10.0 Å². The van der Waals surface area contributed by atoms with Crippen molar-refractivity contribution >= 4 is 28.9 Å². The molecule has 0 aliphatic rings. The van der Waals surface area contributed by atoms with Crippen molar-refractivity contribution in [1.29, 1.82) is 0 Å². The minimum Gasteiger partial charge on any atom is -0.435 e. The van der Waals surface area contributed by atoms with Gasteiger partial charge < -0.3 is 10.5 Å². The Bertz CT molecular complexity index is 560. The smallest absolute Gasteiger partial charge is 0.240 e. The molecule has 0 fully saturated rings. The summed E-state index contributed by atoms with van der Waals surface area (Å²) in [7, 11) is 0. The van der Waals surface area contributed by atoms with Crippen LogP contribution < -0.4 is 10.5 Å². The van der Waals surface area contributed by atoms with E-state index in [0.717, 1.165) is 0 Å². The largest absolute Gasteiger partial charge is 0.435 e. The van der Waals surface area contributed by atoms with Crippen LogP contribution in [0.25, 0.3) is 0 Å². The quantitative estimate of drug-likeness (QED) is 0.849. The first-order chi connectivity index (χ1) is 8.08. The van der Waals surface area contributed by atoms with Gasteiger partial charge in [-0.3, -0.25) is 4.98 Å². The molecule has 1 heterocycles. The van der Waals surface area contributed by atoms with Gasteiger partial charge in [0, 0.05) is 18.5 Å². The van der Waals surface area contributed by atoms with Crippen LogP contribution in [-0.4, -0.2) is 9.97 Å². The number of nitrogens with zero attached hydrogens (tertiary/aromatic N) is 2. The number of halogens is 2. The van der Waals surface area contributed by atoms with Crippen LogP contribution in [0.3, 0.4) is 0 Å². The van der Waals surface area contributed by atoms with Crippen molar-refractivity contribution in [2.24, 2.45) is 0 Å². The van der Waals surface area contributed by atoms with E-state index < -0.39 is 0 Å². The Morgan fingerprint density at radius 1 is 1.12 bits per heavy atom. The number of nitrogen functional groups attached to an aromatic ring is 1. The van der Waals surface area contributed by atoms with Crippen LogP contribution in [0.5, 0.6) is 11.6 Å². The highest BCUT2D eigenvalue weighted by Gasteiger charge is 2.09. The SMILES string of the molecule is Cc1nccnc1Oc1cc(Cl)c(Cl)cc1N. The summed E-state index contributed by atoms with van der Waals surface area (Å²) in [6, 6.07) is 3.08. The van der Waals surface area contributed by atoms with Crippen molar-refractivity contribution in [1.82, 2.24) is 9.97 Å². The van der Waals surface area contributed by atoms with Gasteiger partial charge in [-0.15, -0.1) is 0 Å². The second kappa shape index (κ2) is 4.77. The molecule has 0 aliphatic heterocycles. The number of benzene rings is 1. The molecule has 4 nitrogen and oxygen atoms in total. The number of nitrogens with two attached hydrogens (primary N) is 1. The first-order valence-electron chi connectivity index (χ1n) is 4.78. The molecule has 0 spiro atoms. The average molecular weight is 270 g/mol. The Morgan fingerprint density at radius 3 is 2.47 bits per heavy atom. The van der Waals surface area contributed by atoms with Crippen molar-refractivity contribution in [3.63, 3.8) is 0 Å². The fourth-order valence-corrected chi connectivity index (χ4v) is 1.56. The van der Waals surface area contributed by atoms with E-state index >= 15 is 0 Å². The zero-order valence-electron chi connectivity index (χ0n) is 8.95. The molecular weight excluding hydrogens is 261 g/mol. The predicted molar refractivity (Wildman–Crippen MR) is 67.7 cm³/mol. The molecule has 2 rings (SSSR count). The highest BCUT2D eigenvalue weighted by atomic mass is 35.5. The van der Waals surface area contributed by atoms with Crippen LogP contribution in [0.15, 0.2) is 24.5 Å². The molecule has 0 bridgehead atoms. The second-order valence-electron chi connectivity index (χ2n) is 3.35. The van der Waals surface area contributed by atoms with Gasteiger partial charge in [-0.2, -0.15) is 0 Å². The predicted octanol–water partition coefficient (Wildman–Crippen LogP) is 3.47. The maximum Gasteiger partial charge on any atom is 0.240 e. The standard InChI is InChI=1S/C11H9Cl2N3O/c1-6-11(16-3-2-15-6)17-10-5-8(13)7(12)4-9(10)14/h2-5H,14H2,1H3. The topological polar surface area (TPSA) is 61.0 Å². The van der Waals surface area contributed by atoms with Crippen LogP contribution >= 0.6 is 23.2 Å². The van der Waals surface area contributed by atoms with Crippen molar-refractivity contribution in [3.05, 3.63) is 40.3 Å². The van der Waals surface area contributed by atoms with E-state index in [-0.39, 0.29) is 0 Å². The second-order valence-corrected chi connectivity index (χ2v) is 4.17. The molecule has 0 amide bonds. The molecule has 0 saturated heterocycles. The molecular formula is C11H9Cl2N3O. The van der Waals surface area contributed by atoms with Crippen LogP contribution in [0.1, 0.15) is 5.69 Å². The monoisotopic (exact) mass is 269 g/mol. The number of ether oxygens (including phenoxy) is 1. The summed E-state index contributed by atoms with van der Waals surface area (Å²) in [5.74, 6) is 0.792. The van der Waals surface area contributed by atoms with E-state index in [1.165, 1.54) is 12.3 Å². The average Bonchev–Trinajstić information content (AvgIpc) is 2.29. The summed E-state index contributed by atoms with van der Waals surface area (Å²) in [5, 5.41) is 0.754. The summed E-state index contributed by atoms with van der Waals surface area (Å²) >= 11 is 11.7. The lowest BCUT2D eigenvalue weighted by Gasteiger charge is -2.09. The lowest BCUT2D eigenvalue weighted by Crippen LogP contribution is -1.96. The third-order valence-corrected chi connectivity index (χ3v) is 2.82. The van der Waals surface area contributed by atoms with E-state index in [9.17, 15) is 0 Å². The molecule has 2 aromatic rings. The molecule has 88 valence electrons. The number of rotatable bonds is 2. The molecule has 1 aromatic carbocycles. The Balaban J connectivity index is 2.37. The third kappa shape index (κ3) is 2.60. The van der Waals surface area contributed by atoms with Gasteiger partial charge in [0.2, 0.25) is 5.88 Å². The van der Waals surface area contributed by atoms with Gasteiger partial charge in [0.15, 0.2) is 5.75 Å². The molecule has 1 aromatic heterocycles. The highest BCUT2D eigenvalue weighted by Crippen LogP contribution is 2.34. The lowest BCUT2D eigenvalue weighted by molar-refractivity contribution is 0.457. The van der Waals surface area contributed by atoms with Gasteiger partial charge in [-0.1, -0.05) is 23.2 Å². The molecule has 2 N–H and O–H groups in total. The van der Waals surface area contributed by atoms with Crippen molar-refractivity contribution < 1.29 is 4.74 Å². The van der Waals surface area contributed by atoms with Gasteiger partial charge in [0.05, 0.1) is 21.4 Å².